The third kappa shape index (κ3) is 1.99. The molecule has 0 aromatic heterocycles. The molecule has 0 aliphatic heterocycles. The molecule has 1 unspecified atom stereocenters. The van der Waals surface area contributed by atoms with E-state index in [9.17, 15) is 13.2 Å². The second-order valence-electron chi connectivity index (χ2n) is 6.91. The highest BCUT2D eigenvalue weighted by Crippen LogP contribution is 2.66. The second-order valence-corrected chi connectivity index (χ2v) is 8.49. The van der Waals surface area contributed by atoms with E-state index < -0.39 is 21.3 Å². The average molecular weight is 302 g/mol. The van der Waals surface area contributed by atoms with Crippen LogP contribution >= 0.6 is 0 Å². The number of esters is 1. The number of hydrogen-bond acceptors (Lipinski definition) is 5. The molecule has 4 saturated carbocycles. The van der Waals surface area contributed by atoms with Crippen LogP contribution in [0.1, 0.15) is 46.0 Å². The molecule has 0 radical (unpaired) electrons. The number of fused-ring (bicyclic) bond motifs is 1. The summed E-state index contributed by atoms with van der Waals surface area (Å²) in [6.45, 7) is 3.45. The largest absolute Gasteiger partial charge is 0.459 e. The Bertz CT molecular complexity index is 542. The molecule has 4 aliphatic rings. The van der Waals surface area contributed by atoms with Gasteiger partial charge in [-0.3, -0.25) is 8.98 Å². The molecule has 0 saturated heterocycles. The summed E-state index contributed by atoms with van der Waals surface area (Å²) in [5, 5.41) is 0. The maximum Gasteiger partial charge on any atom is 0.303 e. The van der Waals surface area contributed by atoms with Crippen LogP contribution in [-0.2, 0) is 23.8 Å². The van der Waals surface area contributed by atoms with Gasteiger partial charge in [0.15, 0.2) is 0 Å². The molecule has 0 amide bonds. The molecule has 20 heavy (non-hydrogen) atoms. The summed E-state index contributed by atoms with van der Waals surface area (Å²) in [5.74, 6) is 0.214. The molecule has 4 bridgehead atoms. The van der Waals surface area contributed by atoms with Crippen LogP contribution in [0, 0.1) is 17.8 Å². The Morgan fingerprint density at radius 2 is 1.90 bits per heavy atom. The van der Waals surface area contributed by atoms with Gasteiger partial charge in [-0.05, 0) is 43.9 Å². The van der Waals surface area contributed by atoms with Crippen LogP contribution in [0.2, 0.25) is 0 Å². The summed E-state index contributed by atoms with van der Waals surface area (Å²) in [4.78, 5) is 11.5. The standard InChI is InChI=1S/C14H22O5S/c1-9-6-13(18-10(2)15)7-11-4-5-12(13)14(9,8-11)19-20(3,16)17/h9,11-12H,4-8H2,1-3H3/t9?,11-,12+,13+,14+/m1/s1. The van der Waals surface area contributed by atoms with Crippen LogP contribution < -0.4 is 0 Å². The minimum absolute atomic E-state index is 0.00799. The van der Waals surface area contributed by atoms with Gasteiger partial charge in [-0.1, -0.05) is 6.92 Å². The van der Waals surface area contributed by atoms with Crippen molar-refractivity contribution in [1.29, 1.82) is 0 Å². The van der Waals surface area contributed by atoms with Crippen molar-refractivity contribution in [1.82, 2.24) is 0 Å². The maximum absolute atomic E-state index is 11.7. The van der Waals surface area contributed by atoms with Gasteiger partial charge in [-0.25, -0.2) is 0 Å². The Morgan fingerprint density at radius 1 is 1.20 bits per heavy atom. The maximum atomic E-state index is 11.7. The fourth-order valence-corrected chi connectivity index (χ4v) is 6.13. The van der Waals surface area contributed by atoms with Crippen LogP contribution in [0.4, 0.5) is 0 Å². The summed E-state index contributed by atoms with van der Waals surface area (Å²) in [6.07, 6.45) is 5.42. The first-order chi connectivity index (χ1) is 9.17. The van der Waals surface area contributed by atoms with Crippen LogP contribution in [0.15, 0.2) is 0 Å². The normalized spacial score (nSPS) is 46.5. The molecule has 0 spiro atoms. The first-order valence-corrected chi connectivity index (χ1v) is 9.09. The van der Waals surface area contributed by atoms with E-state index in [1.54, 1.807) is 0 Å². The van der Waals surface area contributed by atoms with E-state index in [1.807, 2.05) is 6.92 Å². The van der Waals surface area contributed by atoms with Crippen molar-refractivity contribution in [2.24, 2.45) is 17.8 Å². The molecule has 4 fully saturated rings. The van der Waals surface area contributed by atoms with E-state index >= 15 is 0 Å². The summed E-state index contributed by atoms with van der Waals surface area (Å²) >= 11 is 0. The molecular formula is C14H22O5S. The van der Waals surface area contributed by atoms with E-state index in [-0.39, 0.29) is 17.8 Å². The average Bonchev–Trinajstić information content (AvgIpc) is 2.39. The predicted molar refractivity (Wildman–Crippen MR) is 72.4 cm³/mol. The molecule has 4 rings (SSSR count). The molecular weight excluding hydrogens is 280 g/mol. The Balaban J connectivity index is 2.02. The zero-order valence-corrected chi connectivity index (χ0v) is 13.0. The van der Waals surface area contributed by atoms with Crippen LogP contribution in [0.3, 0.4) is 0 Å². The number of rotatable bonds is 3. The summed E-state index contributed by atoms with van der Waals surface area (Å²) in [5.41, 5.74) is -1.17. The van der Waals surface area contributed by atoms with Crippen molar-refractivity contribution in [2.75, 3.05) is 6.26 Å². The summed E-state index contributed by atoms with van der Waals surface area (Å²) in [7, 11) is -3.52. The Labute approximate surface area is 120 Å². The lowest BCUT2D eigenvalue weighted by Gasteiger charge is -2.53. The number of carbonyl (C=O) groups excluding carboxylic acids is 1. The smallest absolute Gasteiger partial charge is 0.303 e. The number of ether oxygens (including phenoxy) is 1. The Hall–Kier alpha value is -0.620. The van der Waals surface area contributed by atoms with Gasteiger partial charge in [-0.2, -0.15) is 8.42 Å². The topological polar surface area (TPSA) is 69.7 Å². The zero-order valence-electron chi connectivity index (χ0n) is 12.2. The summed E-state index contributed by atoms with van der Waals surface area (Å²) in [6, 6.07) is 0. The zero-order chi connectivity index (χ0) is 14.8. The highest BCUT2D eigenvalue weighted by molar-refractivity contribution is 7.86. The van der Waals surface area contributed by atoms with Gasteiger partial charge >= 0.3 is 5.97 Å². The molecule has 0 heterocycles. The van der Waals surface area contributed by atoms with Crippen molar-refractivity contribution >= 4 is 16.1 Å². The van der Waals surface area contributed by atoms with Crippen molar-refractivity contribution in [3.8, 4) is 0 Å². The fraction of sp³-hybridized carbons (Fsp3) is 0.929. The predicted octanol–water partition coefficient (Wildman–Crippen LogP) is 1.86. The highest BCUT2D eigenvalue weighted by atomic mass is 32.2. The Morgan fingerprint density at radius 3 is 2.45 bits per heavy atom. The molecule has 6 heteroatoms. The van der Waals surface area contributed by atoms with E-state index in [0.717, 1.165) is 31.9 Å². The molecule has 4 aliphatic carbocycles. The second kappa shape index (κ2) is 4.19. The number of hydrogen-bond donors (Lipinski definition) is 0. The number of carbonyl (C=O) groups is 1. The molecule has 114 valence electrons. The minimum Gasteiger partial charge on any atom is -0.459 e. The van der Waals surface area contributed by atoms with Gasteiger partial charge in [0.25, 0.3) is 10.1 Å². The third-order valence-electron chi connectivity index (χ3n) is 5.47. The first-order valence-electron chi connectivity index (χ1n) is 7.27. The van der Waals surface area contributed by atoms with Crippen LogP contribution in [0.5, 0.6) is 0 Å². The first kappa shape index (κ1) is 14.3. The Kier molecular flexibility index (Phi) is 3.00. The van der Waals surface area contributed by atoms with E-state index in [2.05, 4.69) is 0 Å². The van der Waals surface area contributed by atoms with Crippen LogP contribution in [-0.4, -0.2) is 31.8 Å². The molecule has 5 nitrogen and oxygen atoms in total. The molecule has 0 aromatic carbocycles. The molecule has 0 N–H and O–H groups in total. The van der Waals surface area contributed by atoms with Crippen molar-refractivity contribution in [2.45, 2.75) is 57.2 Å². The lowest BCUT2D eigenvalue weighted by molar-refractivity contribution is -0.189. The van der Waals surface area contributed by atoms with Gasteiger partial charge in [0.2, 0.25) is 0 Å². The van der Waals surface area contributed by atoms with Crippen molar-refractivity contribution in [3.63, 3.8) is 0 Å². The molecule has 0 aromatic rings. The van der Waals surface area contributed by atoms with Gasteiger partial charge in [0, 0.05) is 12.8 Å². The van der Waals surface area contributed by atoms with Crippen LogP contribution in [0.25, 0.3) is 0 Å². The minimum atomic E-state index is -3.52. The molecule has 5 atom stereocenters. The van der Waals surface area contributed by atoms with Gasteiger partial charge in [0.05, 0.1) is 11.9 Å². The van der Waals surface area contributed by atoms with Crippen molar-refractivity contribution in [3.05, 3.63) is 0 Å². The fourth-order valence-electron chi connectivity index (χ4n) is 5.21. The lowest BCUT2D eigenvalue weighted by Crippen LogP contribution is -2.58. The van der Waals surface area contributed by atoms with E-state index in [4.69, 9.17) is 8.92 Å². The van der Waals surface area contributed by atoms with Gasteiger partial charge in [0.1, 0.15) is 5.60 Å². The quantitative estimate of drug-likeness (QED) is 0.588. The lowest BCUT2D eigenvalue weighted by atomic mass is 9.59. The van der Waals surface area contributed by atoms with Gasteiger partial charge < -0.3 is 4.74 Å². The third-order valence-corrected chi connectivity index (χ3v) is 6.08. The van der Waals surface area contributed by atoms with E-state index in [0.29, 0.717) is 12.3 Å². The summed E-state index contributed by atoms with van der Waals surface area (Å²) < 4.78 is 34.7. The monoisotopic (exact) mass is 302 g/mol. The SMILES string of the molecule is CC(=O)O[C@]12CC(C)[C@@]3(OS(C)(=O)=O)C[C@H](CC[C@@H]13)C2. The highest BCUT2D eigenvalue weighted by Gasteiger charge is 2.70. The van der Waals surface area contributed by atoms with Gasteiger partial charge in [-0.15, -0.1) is 0 Å². The van der Waals surface area contributed by atoms with E-state index in [1.165, 1.54) is 6.92 Å². The van der Waals surface area contributed by atoms with Crippen molar-refractivity contribution < 1.29 is 22.1 Å².